The Morgan fingerprint density at radius 2 is 0.775 bits per heavy atom. The maximum absolute atomic E-state index is 2.36. The van der Waals surface area contributed by atoms with Gasteiger partial charge in [-0.3, -0.25) is 0 Å². The first-order chi connectivity index (χ1) is 19.6. The maximum Gasteiger partial charge on any atom is 0.0463 e. The predicted octanol–water partition coefficient (Wildman–Crippen LogP) is 11.5. The molecule has 0 N–H and O–H groups in total. The van der Waals surface area contributed by atoms with Gasteiger partial charge >= 0.3 is 0 Å². The quantitative estimate of drug-likeness (QED) is 0.140. The Morgan fingerprint density at radius 3 is 1.20 bits per heavy atom. The van der Waals surface area contributed by atoms with Gasteiger partial charge in [0.1, 0.15) is 0 Å². The topological polar surface area (TPSA) is 6.48 Å². The van der Waals surface area contributed by atoms with Gasteiger partial charge in [0.15, 0.2) is 0 Å². The molecule has 0 amide bonds. The zero-order chi connectivity index (χ0) is 28.2. The van der Waals surface area contributed by atoms with Crippen LogP contribution in [0.1, 0.15) is 81.9 Å². The molecule has 0 unspecified atom stereocenters. The minimum absolute atomic E-state index is 1.16. The van der Waals surface area contributed by atoms with Gasteiger partial charge in [0.2, 0.25) is 0 Å². The van der Waals surface area contributed by atoms with Crippen molar-refractivity contribution in [3.05, 3.63) is 114 Å². The van der Waals surface area contributed by atoms with E-state index in [1.807, 2.05) is 0 Å². The average Bonchev–Trinajstić information content (AvgIpc) is 3.00. The van der Waals surface area contributed by atoms with Gasteiger partial charge in [-0.2, -0.15) is 0 Å². The van der Waals surface area contributed by atoms with E-state index >= 15 is 0 Å². The van der Waals surface area contributed by atoms with Crippen molar-refractivity contribution in [2.75, 3.05) is 16.8 Å². The van der Waals surface area contributed by atoms with Crippen LogP contribution in [-0.4, -0.2) is 7.05 Å². The van der Waals surface area contributed by atoms with E-state index in [1.54, 1.807) is 0 Å². The lowest BCUT2D eigenvalue weighted by Crippen LogP contribution is -2.12. The van der Waals surface area contributed by atoms with Gasteiger partial charge in [-0.15, -0.1) is 0 Å². The highest BCUT2D eigenvalue weighted by Gasteiger charge is 2.13. The van der Waals surface area contributed by atoms with Gasteiger partial charge in [0.25, 0.3) is 0 Å². The van der Waals surface area contributed by atoms with Crippen LogP contribution in [0.15, 0.2) is 97.1 Å². The fraction of sp³-hybridized carbons (Fsp3) is 0.368. The molecule has 0 atom stereocenters. The van der Waals surface area contributed by atoms with E-state index in [1.165, 1.54) is 103 Å². The fourth-order valence-electron chi connectivity index (χ4n) is 5.33. The lowest BCUT2D eigenvalue weighted by Gasteiger charge is -2.27. The molecule has 0 aliphatic carbocycles. The molecule has 40 heavy (non-hydrogen) atoms. The van der Waals surface area contributed by atoms with Crippen molar-refractivity contribution in [3.63, 3.8) is 0 Å². The maximum atomic E-state index is 2.36. The summed E-state index contributed by atoms with van der Waals surface area (Å²) >= 11 is 0. The zero-order valence-electron chi connectivity index (χ0n) is 25.2. The van der Waals surface area contributed by atoms with Crippen molar-refractivity contribution in [2.45, 2.75) is 85.0 Å². The fourth-order valence-corrected chi connectivity index (χ4v) is 5.33. The van der Waals surface area contributed by atoms with E-state index in [0.29, 0.717) is 0 Å². The summed E-state index contributed by atoms with van der Waals surface area (Å²) in [5.41, 5.74) is 10.1. The number of hydrogen-bond acceptors (Lipinski definition) is 2. The number of aryl methyl sites for hydroxylation is 3. The third-order valence-corrected chi connectivity index (χ3v) is 7.94. The van der Waals surface area contributed by atoms with Crippen LogP contribution < -0.4 is 9.80 Å². The molecule has 0 aliphatic rings. The largest absolute Gasteiger partial charge is 0.345 e. The Kier molecular flexibility index (Phi) is 11.3. The Hall–Kier alpha value is -3.52. The molecule has 0 aliphatic heterocycles. The van der Waals surface area contributed by atoms with Crippen LogP contribution in [0.2, 0.25) is 0 Å². The Labute approximate surface area is 243 Å². The van der Waals surface area contributed by atoms with Crippen molar-refractivity contribution >= 4 is 28.4 Å². The van der Waals surface area contributed by atoms with Crippen LogP contribution >= 0.6 is 0 Å². The highest BCUT2D eigenvalue weighted by atomic mass is 15.1. The van der Waals surface area contributed by atoms with Crippen LogP contribution in [0.5, 0.6) is 0 Å². The molecule has 0 saturated carbocycles. The second-order valence-electron chi connectivity index (χ2n) is 11.2. The number of nitrogens with zero attached hydrogens (tertiary/aromatic N) is 2. The van der Waals surface area contributed by atoms with Crippen molar-refractivity contribution in [2.24, 2.45) is 0 Å². The van der Waals surface area contributed by atoms with E-state index in [4.69, 9.17) is 0 Å². The second kappa shape index (κ2) is 15.3. The first-order valence-electron chi connectivity index (χ1n) is 15.5. The number of anilines is 5. The number of rotatable bonds is 15. The van der Waals surface area contributed by atoms with Crippen molar-refractivity contribution in [1.82, 2.24) is 0 Å². The van der Waals surface area contributed by atoms with Crippen molar-refractivity contribution < 1.29 is 0 Å². The summed E-state index contributed by atoms with van der Waals surface area (Å²) in [4.78, 5) is 4.63. The van der Waals surface area contributed by atoms with Gasteiger partial charge in [-0.25, -0.2) is 0 Å². The highest BCUT2D eigenvalue weighted by molar-refractivity contribution is 5.78. The predicted molar refractivity (Wildman–Crippen MR) is 176 cm³/mol. The minimum atomic E-state index is 1.16. The van der Waals surface area contributed by atoms with E-state index in [2.05, 4.69) is 135 Å². The lowest BCUT2D eigenvalue weighted by atomic mass is 10.1. The van der Waals surface area contributed by atoms with Gasteiger partial charge in [0, 0.05) is 35.5 Å². The zero-order valence-corrected chi connectivity index (χ0v) is 25.2. The summed E-state index contributed by atoms with van der Waals surface area (Å²) < 4.78 is 0. The molecule has 2 heteroatoms. The molecule has 0 bridgehead atoms. The minimum Gasteiger partial charge on any atom is -0.345 e. The van der Waals surface area contributed by atoms with Gasteiger partial charge in [-0.05, 0) is 104 Å². The molecule has 0 aromatic heterocycles. The molecule has 0 spiro atoms. The van der Waals surface area contributed by atoms with Gasteiger partial charge in [0.05, 0.1) is 0 Å². The molecule has 210 valence electrons. The van der Waals surface area contributed by atoms with E-state index in [9.17, 15) is 0 Å². The van der Waals surface area contributed by atoms with Crippen LogP contribution in [-0.2, 0) is 12.8 Å². The van der Waals surface area contributed by atoms with Crippen LogP contribution in [0.25, 0.3) is 0 Å². The smallest absolute Gasteiger partial charge is 0.0463 e. The van der Waals surface area contributed by atoms with E-state index in [-0.39, 0.29) is 0 Å². The van der Waals surface area contributed by atoms with Crippen molar-refractivity contribution in [3.8, 4) is 0 Å². The monoisotopic (exact) mass is 532 g/mol. The van der Waals surface area contributed by atoms with Crippen LogP contribution in [0.3, 0.4) is 0 Å². The normalized spacial score (nSPS) is 11.0. The van der Waals surface area contributed by atoms with Gasteiger partial charge < -0.3 is 9.80 Å². The third-order valence-electron chi connectivity index (χ3n) is 7.94. The van der Waals surface area contributed by atoms with Gasteiger partial charge in [-0.1, -0.05) is 94.3 Å². The molecule has 0 radical (unpaired) electrons. The SMILES string of the molecule is CCCCCCc1ccc(N(C)c2ccc(N(c3ccc(C)cc3)c3ccc(CCCCCC)cc3)cc2)cc1. The Bertz CT molecular complexity index is 1260. The Morgan fingerprint density at radius 1 is 0.425 bits per heavy atom. The molecular weight excluding hydrogens is 484 g/mol. The summed E-state index contributed by atoms with van der Waals surface area (Å²) in [5, 5.41) is 0. The molecule has 4 rings (SSSR count). The number of hydrogen-bond donors (Lipinski definition) is 0. The molecule has 0 fully saturated rings. The summed E-state index contributed by atoms with van der Waals surface area (Å²) in [5.74, 6) is 0. The van der Waals surface area contributed by atoms with E-state index in [0.717, 1.165) is 6.42 Å². The first kappa shape index (κ1) is 29.5. The van der Waals surface area contributed by atoms with Crippen LogP contribution in [0, 0.1) is 6.92 Å². The number of benzene rings is 4. The summed E-state index contributed by atoms with van der Waals surface area (Å²) in [7, 11) is 2.15. The molecule has 2 nitrogen and oxygen atoms in total. The van der Waals surface area contributed by atoms with Crippen molar-refractivity contribution in [1.29, 1.82) is 0 Å². The number of unbranched alkanes of at least 4 members (excludes halogenated alkanes) is 6. The summed E-state index contributed by atoms with van der Waals surface area (Å²) in [6.45, 7) is 6.68. The molecule has 0 heterocycles. The molecule has 4 aromatic rings. The summed E-state index contributed by atoms with van der Waals surface area (Å²) in [6.07, 6.45) is 12.8. The molecule has 0 saturated heterocycles. The third kappa shape index (κ3) is 8.24. The standard InChI is InChI=1S/C38H48N2/c1-5-7-9-11-13-32-17-23-34(24-18-32)39(4)35-27-29-38(30-28-35)40(36-21-15-31(3)16-22-36)37-25-19-33(20-26-37)14-12-10-8-6-2/h15-30H,5-14H2,1-4H3. The Balaban J connectivity index is 1.50. The second-order valence-corrected chi connectivity index (χ2v) is 11.2. The molecule has 4 aromatic carbocycles. The van der Waals surface area contributed by atoms with E-state index < -0.39 is 0 Å². The lowest BCUT2D eigenvalue weighted by molar-refractivity contribution is 0.667. The summed E-state index contributed by atoms with van der Waals surface area (Å²) in [6, 6.07) is 36.0. The first-order valence-corrected chi connectivity index (χ1v) is 15.5. The molecular formula is C38H48N2. The average molecular weight is 533 g/mol. The highest BCUT2D eigenvalue weighted by Crippen LogP contribution is 2.36. The van der Waals surface area contributed by atoms with Crippen LogP contribution in [0.4, 0.5) is 28.4 Å².